The summed E-state index contributed by atoms with van der Waals surface area (Å²) in [6.45, 7) is 0.0971. The third-order valence-corrected chi connectivity index (χ3v) is 2.64. The molecule has 0 saturated carbocycles. The molecule has 0 saturated heterocycles. The fourth-order valence-corrected chi connectivity index (χ4v) is 1.73. The first-order chi connectivity index (χ1) is 7.85. The van der Waals surface area contributed by atoms with Crippen LogP contribution in [0.5, 0.6) is 0 Å². The zero-order valence-corrected chi connectivity index (χ0v) is 8.93. The average Bonchev–Trinajstić information content (AvgIpc) is 2.39. The van der Waals surface area contributed by atoms with Gasteiger partial charge in [0.05, 0.1) is 13.2 Å². The number of benzene rings is 2. The Bertz CT molecular complexity index is 460. The molecule has 0 atom stereocenters. The minimum Gasteiger partial charge on any atom is -0.392 e. The number of aliphatic hydroxyl groups is 2. The lowest BCUT2D eigenvalue weighted by Gasteiger charge is -2.07. The molecule has 2 heteroatoms. The van der Waals surface area contributed by atoms with E-state index >= 15 is 0 Å². The Balaban J connectivity index is 2.42. The van der Waals surface area contributed by atoms with Gasteiger partial charge in [-0.15, -0.1) is 0 Å². The van der Waals surface area contributed by atoms with Crippen molar-refractivity contribution < 1.29 is 10.2 Å². The van der Waals surface area contributed by atoms with Gasteiger partial charge in [-0.2, -0.15) is 0 Å². The van der Waals surface area contributed by atoms with Gasteiger partial charge in [0.1, 0.15) is 0 Å². The van der Waals surface area contributed by atoms with Crippen LogP contribution in [0.3, 0.4) is 0 Å². The van der Waals surface area contributed by atoms with Crippen molar-refractivity contribution in [1.82, 2.24) is 0 Å². The van der Waals surface area contributed by atoms with Gasteiger partial charge in [-0.1, -0.05) is 48.5 Å². The minimum absolute atomic E-state index is 0.0396. The van der Waals surface area contributed by atoms with Crippen LogP contribution in [0.2, 0.25) is 0 Å². The molecule has 0 unspecified atom stereocenters. The van der Waals surface area contributed by atoms with Crippen molar-refractivity contribution in [3.8, 4) is 11.1 Å². The first-order valence-corrected chi connectivity index (χ1v) is 5.24. The molecular formula is C14H14O2. The molecule has 82 valence electrons. The van der Waals surface area contributed by atoms with Crippen LogP contribution in [-0.2, 0) is 13.2 Å². The molecule has 2 aromatic rings. The molecule has 0 amide bonds. The summed E-state index contributed by atoms with van der Waals surface area (Å²) in [7, 11) is 0. The van der Waals surface area contributed by atoms with E-state index in [2.05, 4.69) is 0 Å². The van der Waals surface area contributed by atoms with Crippen molar-refractivity contribution in [3.63, 3.8) is 0 Å². The molecule has 0 aromatic heterocycles. The Morgan fingerprint density at radius 3 is 2.06 bits per heavy atom. The lowest BCUT2D eigenvalue weighted by Crippen LogP contribution is -1.89. The molecule has 16 heavy (non-hydrogen) atoms. The molecule has 2 rings (SSSR count). The van der Waals surface area contributed by atoms with Crippen molar-refractivity contribution in [1.29, 1.82) is 0 Å². The predicted octanol–water partition coefficient (Wildman–Crippen LogP) is 2.34. The molecule has 0 aliphatic heterocycles. The summed E-state index contributed by atoms with van der Waals surface area (Å²) in [6, 6.07) is 15.5. The molecule has 2 N–H and O–H groups in total. The summed E-state index contributed by atoms with van der Waals surface area (Å²) in [6.07, 6.45) is 0. The highest BCUT2D eigenvalue weighted by Gasteiger charge is 2.02. The fourth-order valence-electron chi connectivity index (χ4n) is 1.73. The quantitative estimate of drug-likeness (QED) is 0.823. The first-order valence-electron chi connectivity index (χ1n) is 5.24. The van der Waals surface area contributed by atoms with Crippen LogP contribution in [-0.4, -0.2) is 10.2 Å². The van der Waals surface area contributed by atoms with Crippen LogP contribution < -0.4 is 0 Å². The lowest BCUT2D eigenvalue weighted by atomic mass is 9.99. The molecule has 0 spiro atoms. The van der Waals surface area contributed by atoms with Gasteiger partial charge >= 0.3 is 0 Å². The van der Waals surface area contributed by atoms with Gasteiger partial charge in [-0.25, -0.2) is 0 Å². The van der Waals surface area contributed by atoms with Gasteiger partial charge in [0.25, 0.3) is 0 Å². The molecule has 0 fully saturated rings. The largest absolute Gasteiger partial charge is 0.392 e. The monoisotopic (exact) mass is 214 g/mol. The number of rotatable bonds is 3. The third-order valence-electron chi connectivity index (χ3n) is 2.64. The van der Waals surface area contributed by atoms with Gasteiger partial charge in [-0.3, -0.25) is 0 Å². The normalized spacial score (nSPS) is 10.4. The van der Waals surface area contributed by atoms with Crippen LogP contribution in [0.1, 0.15) is 11.1 Å². The smallest absolute Gasteiger partial charge is 0.0687 e. The molecule has 0 bridgehead atoms. The van der Waals surface area contributed by atoms with Crippen molar-refractivity contribution in [2.45, 2.75) is 13.2 Å². The van der Waals surface area contributed by atoms with E-state index in [0.717, 1.165) is 22.3 Å². The van der Waals surface area contributed by atoms with E-state index in [4.69, 9.17) is 5.11 Å². The highest BCUT2D eigenvalue weighted by Crippen LogP contribution is 2.23. The fraction of sp³-hybridized carbons (Fsp3) is 0.143. The molecular weight excluding hydrogens is 200 g/mol. The zero-order valence-electron chi connectivity index (χ0n) is 8.93. The maximum atomic E-state index is 9.24. The maximum Gasteiger partial charge on any atom is 0.0687 e. The summed E-state index contributed by atoms with van der Waals surface area (Å²) in [5, 5.41) is 18.2. The first kappa shape index (κ1) is 10.9. The van der Waals surface area contributed by atoms with Crippen molar-refractivity contribution in [2.75, 3.05) is 0 Å². The van der Waals surface area contributed by atoms with E-state index in [0.29, 0.717) is 0 Å². The second kappa shape index (κ2) is 4.92. The third kappa shape index (κ3) is 2.13. The topological polar surface area (TPSA) is 40.5 Å². The van der Waals surface area contributed by atoms with Gasteiger partial charge in [-0.05, 0) is 22.3 Å². The van der Waals surface area contributed by atoms with Gasteiger partial charge in [0, 0.05) is 0 Å². The Morgan fingerprint density at radius 2 is 1.44 bits per heavy atom. The van der Waals surface area contributed by atoms with Crippen LogP contribution in [0, 0.1) is 0 Å². The number of hydrogen-bond acceptors (Lipinski definition) is 2. The molecule has 0 radical (unpaired) electrons. The van der Waals surface area contributed by atoms with Crippen molar-refractivity contribution in [2.24, 2.45) is 0 Å². The SMILES string of the molecule is OCc1ccc(-c2ccccc2CO)cc1. The number of aliphatic hydroxyl groups excluding tert-OH is 2. The molecule has 2 aromatic carbocycles. The van der Waals surface area contributed by atoms with E-state index in [1.807, 2.05) is 48.5 Å². The van der Waals surface area contributed by atoms with Gasteiger partial charge in [0.2, 0.25) is 0 Å². The Hall–Kier alpha value is -1.64. The van der Waals surface area contributed by atoms with Crippen LogP contribution >= 0.6 is 0 Å². The summed E-state index contributed by atoms with van der Waals surface area (Å²) >= 11 is 0. The Labute approximate surface area is 94.8 Å². The van der Waals surface area contributed by atoms with Crippen LogP contribution in [0.4, 0.5) is 0 Å². The number of hydrogen-bond donors (Lipinski definition) is 2. The van der Waals surface area contributed by atoms with E-state index in [9.17, 15) is 5.11 Å². The highest BCUT2D eigenvalue weighted by atomic mass is 16.3. The van der Waals surface area contributed by atoms with E-state index in [1.54, 1.807) is 0 Å². The summed E-state index contributed by atoms with van der Waals surface area (Å²) < 4.78 is 0. The highest BCUT2D eigenvalue weighted by molar-refractivity contribution is 5.67. The van der Waals surface area contributed by atoms with E-state index in [-0.39, 0.29) is 13.2 Å². The lowest BCUT2D eigenvalue weighted by molar-refractivity contribution is 0.281. The van der Waals surface area contributed by atoms with Gasteiger partial charge in [0.15, 0.2) is 0 Å². The second-order valence-corrected chi connectivity index (χ2v) is 3.67. The summed E-state index contributed by atoms with van der Waals surface area (Å²) in [4.78, 5) is 0. The van der Waals surface area contributed by atoms with Crippen molar-refractivity contribution in [3.05, 3.63) is 59.7 Å². The summed E-state index contributed by atoms with van der Waals surface area (Å²) in [5.41, 5.74) is 3.90. The second-order valence-electron chi connectivity index (χ2n) is 3.67. The van der Waals surface area contributed by atoms with Crippen molar-refractivity contribution >= 4 is 0 Å². The molecule has 0 aliphatic rings. The molecule has 2 nitrogen and oxygen atoms in total. The maximum absolute atomic E-state index is 9.24. The van der Waals surface area contributed by atoms with Crippen LogP contribution in [0.25, 0.3) is 11.1 Å². The predicted molar refractivity (Wildman–Crippen MR) is 63.7 cm³/mol. The molecule has 0 heterocycles. The Kier molecular flexibility index (Phi) is 3.34. The summed E-state index contributed by atoms with van der Waals surface area (Å²) in [5.74, 6) is 0. The van der Waals surface area contributed by atoms with Crippen LogP contribution in [0.15, 0.2) is 48.5 Å². The van der Waals surface area contributed by atoms with Gasteiger partial charge < -0.3 is 10.2 Å². The van der Waals surface area contributed by atoms with E-state index < -0.39 is 0 Å². The zero-order chi connectivity index (χ0) is 11.4. The molecule has 0 aliphatic carbocycles. The van der Waals surface area contributed by atoms with E-state index in [1.165, 1.54) is 0 Å². The standard InChI is InChI=1S/C14H14O2/c15-9-11-5-7-12(8-6-11)14-4-2-1-3-13(14)10-16/h1-8,15-16H,9-10H2. The average molecular weight is 214 g/mol. The minimum atomic E-state index is 0.0396. The Morgan fingerprint density at radius 1 is 0.750 bits per heavy atom.